The van der Waals surface area contributed by atoms with Crippen molar-refractivity contribution in [3.63, 3.8) is 0 Å². The van der Waals surface area contributed by atoms with E-state index >= 15 is 0 Å². The van der Waals surface area contributed by atoms with Crippen LogP contribution in [-0.2, 0) is 4.79 Å². The summed E-state index contributed by atoms with van der Waals surface area (Å²) in [7, 11) is 0. The highest BCUT2D eigenvalue weighted by molar-refractivity contribution is 5.68. The van der Waals surface area contributed by atoms with Gasteiger partial charge in [-0.05, 0) is 12.3 Å². The fourth-order valence-corrected chi connectivity index (χ4v) is 1.52. The molecule has 3 heteroatoms. The SMILES string of the molecule is CCCCCC(O)(CC(=O)O)C(C)C. The van der Waals surface area contributed by atoms with Crippen LogP contribution in [0.5, 0.6) is 0 Å². The van der Waals surface area contributed by atoms with E-state index in [0.717, 1.165) is 19.3 Å². The van der Waals surface area contributed by atoms with Gasteiger partial charge in [-0.25, -0.2) is 0 Å². The van der Waals surface area contributed by atoms with Crippen LogP contribution in [0.15, 0.2) is 0 Å². The second-order valence-electron chi connectivity index (χ2n) is 4.29. The summed E-state index contributed by atoms with van der Waals surface area (Å²) in [6, 6.07) is 0. The summed E-state index contributed by atoms with van der Waals surface area (Å²) >= 11 is 0. The highest BCUT2D eigenvalue weighted by Crippen LogP contribution is 2.27. The summed E-state index contributed by atoms with van der Waals surface area (Å²) in [6.07, 6.45) is 3.48. The number of carbonyl (C=O) groups is 1. The van der Waals surface area contributed by atoms with Gasteiger partial charge in [0.2, 0.25) is 0 Å². The topological polar surface area (TPSA) is 57.5 Å². The van der Waals surface area contributed by atoms with E-state index in [0.29, 0.717) is 6.42 Å². The first-order valence-corrected chi connectivity index (χ1v) is 5.36. The summed E-state index contributed by atoms with van der Waals surface area (Å²) < 4.78 is 0. The highest BCUT2D eigenvalue weighted by atomic mass is 16.4. The van der Waals surface area contributed by atoms with E-state index < -0.39 is 11.6 Å². The van der Waals surface area contributed by atoms with E-state index in [1.165, 1.54) is 0 Å². The third kappa shape index (κ3) is 4.61. The predicted molar refractivity (Wildman–Crippen MR) is 56.2 cm³/mol. The van der Waals surface area contributed by atoms with E-state index in [-0.39, 0.29) is 12.3 Å². The third-order valence-electron chi connectivity index (χ3n) is 2.75. The Hall–Kier alpha value is -0.570. The van der Waals surface area contributed by atoms with Gasteiger partial charge in [-0.15, -0.1) is 0 Å². The maximum atomic E-state index is 10.6. The van der Waals surface area contributed by atoms with Crippen molar-refractivity contribution in [2.45, 2.75) is 58.5 Å². The molecule has 0 radical (unpaired) electrons. The number of hydrogen-bond acceptors (Lipinski definition) is 2. The molecule has 0 bridgehead atoms. The molecule has 2 N–H and O–H groups in total. The van der Waals surface area contributed by atoms with Crippen molar-refractivity contribution < 1.29 is 15.0 Å². The fourth-order valence-electron chi connectivity index (χ4n) is 1.52. The van der Waals surface area contributed by atoms with E-state index in [4.69, 9.17) is 5.11 Å². The zero-order valence-electron chi connectivity index (χ0n) is 9.42. The van der Waals surface area contributed by atoms with E-state index in [2.05, 4.69) is 6.92 Å². The fraction of sp³-hybridized carbons (Fsp3) is 0.909. The molecule has 14 heavy (non-hydrogen) atoms. The summed E-state index contributed by atoms with van der Waals surface area (Å²) in [4.78, 5) is 10.6. The summed E-state index contributed by atoms with van der Waals surface area (Å²) in [5, 5.41) is 18.8. The van der Waals surface area contributed by atoms with Crippen LogP contribution in [0.25, 0.3) is 0 Å². The Morgan fingerprint density at radius 2 is 1.93 bits per heavy atom. The van der Waals surface area contributed by atoms with Gasteiger partial charge in [0, 0.05) is 0 Å². The first kappa shape index (κ1) is 13.4. The first-order valence-electron chi connectivity index (χ1n) is 5.36. The van der Waals surface area contributed by atoms with Crippen LogP contribution in [0, 0.1) is 5.92 Å². The van der Waals surface area contributed by atoms with E-state index in [9.17, 15) is 9.90 Å². The Labute approximate surface area is 86.1 Å². The minimum Gasteiger partial charge on any atom is -0.481 e. The maximum absolute atomic E-state index is 10.6. The third-order valence-corrected chi connectivity index (χ3v) is 2.75. The van der Waals surface area contributed by atoms with Crippen molar-refractivity contribution in [3.05, 3.63) is 0 Å². The smallest absolute Gasteiger partial charge is 0.306 e. The van der Waals surface area contributed by atoms with Crippen molar-refractivity contribution in [1.29, 1.82) is 0 Å². The molecule has 0 aliphatic carbocycles. The molecule has 0 aliphatic rings. The van der Waals surface area contributed by atoms with Crippen molar-refractivity contribution in [2.24, 2.45) is 5.92 Å². The maximum Gasteiger partial charge on any atom is 0.306 e. The van der Waals surface area contributed by atoms with Gasteiger partial charge >= 0.3 is 5.97 Å². The molecule has 0 saturated heterocycles. The van der Waals surface area contributed by atoms with Gasteiger partial charge in [0.25, 0.3) is 0 Å². The molecule has 84 valence electrons. The number of aliphatic hydroxyl groups is 1. The first-order chi connectivity index (χ1) is 6.42. The largest absolute Gasteiger partial charge is 0.481 e. The quantitative estimate of drug-likeness (QED) is 0.623. The molecule has 0 fully saturated rings. The highest BCUT2D eigenvalue weighted by Gasteiger charge is 2.32. The monoisotopic (exact) mass is 202 g/mol. The molecule has 0 aromatic carbocycles. The average molecular weight is 202 g/mol. The van der Waals surface area contributed by atoms with Crippen LogP contribution in [0.3, 0.4) is 0 Å². The number of hydrogen-bond donors (Lipinski definition) is 2. The van der Waals surface area contributed by atoms with Gasteiger partial charge in [0.15, 0.2) is 0 Å². The van der Waals surface area contributed by atoms with Crippen LogP contribution >= 0.6 is 0 Å². The summed E-state index contributed by atoms with van der Waals surface area (Å²) in [5.74, 6) is -0.923. The number of unbranched alkanes of at least 4 members (excludes halogenated alkanes) is 2. The molecule has 1 atom stereocenters. The lowest BCUT2D eigenvalue weighted by atomic mass is 9.82. The number of carboxylic acids is 1. The number of carboxylic acid groups (broad SMARTS) is 1. The number of aliphatic carboxylic acids is 1. The molecule has 0 aromatic heterocycles. The summed E-state index contributed by atoms with van der Waals surface area (Å²) in [6.45, 7) is 5.83. The standard InChI is InChI=1S/C11H22O3/c1-4-5-6-7-11(14,9(2)3)8-10(12)13/h9,14H,4-8H2,1-3H3,(H,12,13). The van der Waals surface area contributed by atoms with Crippen LogP contribution in [-0.4, -0.2) is 21.8 Å². The Morgan fingerprint density at radius 3 is 2.29 bits per heavy atom. The Balaban J connectivity index is 4.17. The average Bonchev–Trinajstić information content (AvgIpc) is 2.03. The molecule has 0 spiro atoms. The molecule has 0 heterocycles. The minimum atomic E-state index is -1.03. The van der Waals surface area contributed by atoms with Gasteiger partial charge in [0.1, 0.15) is 0 Å². The lowest BCUT2D eigenvalue weighted by Crippen LogP contribution is -2.37. The van der Waals surface area contributed by atoms with Crippen LogP contribution in [0.2, 0.25) is 0 Å². The van der Waals surface area contributed by atoms with Crippen LogP contribution in [0.1, 0.15) is 52.9 Å². The van der Waals surface area contributed by atoms with Crippen LogP contribution in [0.4, 0.5) is 0 Å². The van der Waals surface area contributed by atoms with E-state index in [1.807, 2.05) is 13.8 Å². The van der Waals surface area contributed by atoms with Crippen molar-refractivity contribution in [1.82, 2.24) is 0 Å². The summed E-state index contributed by atoms with van der Waals surface area (Å²) in [5.41, 5.74) is -1.03. The normalized spacial score (nSPS) is 15.5. The number of rotatable bonds is 7. The molecular weight excluding hydrogens is 180 g/mol. The van der Waals surface area contributed by atoms with Gasteiger partial charge in [-0.1, -0.05) is 40.0 Å². The molecule has 0 amide bonds. The van der Waals surface area contributed by atoms with Gasteiger partial charge in [0.05, 0.1) is 12.0 Å². The Bertz CT molecular complexity index is 177. The molecule has 0 aromatic rings. The minimum absolute atomic E-state index is 0.00421. The zero-order valence-corrected chi connectivity index (χ0v) is 9.42. The second kappa shape index (κ2) is 6.02. The van der Waals surface area contributed by atoms with E-state index in [1.54, 1.807) is 0 Å². The Morgan fingerprint density at radius 1 is 1.36 bits per heavy atom. The van der Waals surface area contributed by atoms with Crippen molar-refractivity contribution in [2.75, 3.05) is 0 Å². The predicted octanol–water partition coefficient (Wildman–Crippen LogP) is 2.43. The lowest BCUT2D eigenvalue weighted by molar-refractivity contribution is -0.145. The van der Waals surface area contributed by atoms with Gasteiger partial charge < -0.3 is 10.2 Å². The second-order valence-corrected chi connectivity index (χ2v) is 4.29. The molecular formula is C11H22O3. The Kier molecular flexibility index (Phi) is 5.77. The molecule has 0 aliphatic heterocycles. The van der Waals surface area contributed by atoms with Crippen LogP contribution < -0.4 is 0 Å². The molecule has 0 saturated carbocycles. The lowest BCUT2D eigenvalue weighted by Gasteiger charge is -2.30. The molecule has 0 rings (SSSR count). The van der Waals surface area contributed by atoms with Gasteiger partial charge in [-0.3, -0.25) is 4.79 Å². The molecule has 3 nitrogen and oxygen atoms in total. The van der Waals surface area contributed by atoms with Gasteiger partial charge in [-0.2, -0.15) is 0 Å². The zero-order chi connectivity index (χ0) is 11.2. The molecule has 1 unspecified atom stereocenters. The van der Waals surface area contributed by atoms with Crippen molar-refractivity contribution >= 4 is 5.97 Å². The van der Waals surface area contributed by atoms with Crippen molar-refractivity contribution in [3.8, 4) is 0 Å².